The highest BCUT2D eigenvalue weighted by molar-refractivity contribution is 5.87. The van der Waals surface area contributed by atoms with Gasteiger partial charge in [-0.25, -0.2) is 9.59 Å². The summed E-state index contributed by atoms with van der Waals surface area (Å²) in [4.78, 5) is 23.1. The maximum absolute atomic E-state index is 12.0. The maximum Gasteiger partial charge on any atom is 0.331 e. The van der Waals surface area contributed by atoms with Crippen LogP contribution in [0.1, 0.15) is 59.8 Å². The number of allylic oxidation sites excluding steroid dienone is 2. The molecule has 8 atom stereocenters. The second-order valence-electron chi connectivity index (χ2n) is 10.3. The van der Waals surface area contributed by atoms with Crippen LogP contribution in [0.25, 0.3) is 0 Å². The molecule has 0 spiro atoms. The average molecular weight is 433 g/mol. The highest BCUT2D eigenvalue weighted by Crippen LogP contribution is 2.57. The van der Waals surface area contributed by atoms with E-state index in [9.17, 15) is 24.9 Å². The van der Waals surface area contributed by atoms with Crippen molar-refractivity contribution in [2.24, 2.45) is 35.0 Å². The monoisotopic (exact) mass is 432 g/mol. The third kappa shape index (κ3) is 4.51. The van der Waals surface area contributed by atoms with Crippen LogP contribution in [0.2, 0.25) is 0 Å². The molecule has 0 radical (unpaired) electrons. The Kier molecular flexibility index (Phi) is 6.82. The third-order valence-corrected chi connectivity index (χ3v) is 8.30. The summed E-state index contributed by atoms with van der Waals surface area (Å²) in [5, 5.41) is 40.1. The Hall–Kier alpha value is -1.92. The highest BCUT2D eigenvalue weighted by atomic mass is 16.4. The van der Waals surface area contributed by atoms with E-state index < -0.39 is 24.1 Å². The molecule has 0 unspecified atom stereocenters. The van der Waals surface area contributed by atoms with Gasteiger partial charge in [0.2, 0.25) is 0 Å². The normalized spacial score (nSPS) is 37.9. The van der Waals surface area contributed by atoms with Crippen LogP contribution in [-0.2, 0) is 9.59 Å². The smallest absolute Gasteiger partial charge is 0.331 e. The number of fused-ring (bicyclic) bond motifs is 2. The molecule has 6 heteroatoms. The van der Waals surface area contributed by atoms with Gasteiger partial charge in [-0.2, -0.15) is 0 Å². The van der Waals surface area contributed by atoms with E-state index in [1.54, 1.807) is 0 Å². The number of aliphatic hydroxyl groups is 2. The summed E-state index contributed by atoms with van der Waals surface area (Å²) < 4.78 is 0. The van der Waals surface area contributed by atoms with Crippen molar-refractivity contribution in [2.45, 2.75) is 72.0 Å². The van der Waals surface area contributed by atoms with Crippen LogP contribution in [-0.4, -0.2) is 44.6 Å². The molecule has 31 heavy (non-hydrogen) atoms. The lowest BCUT2D eigenvalue weighted by atomic mass is 9.63. The average Bonchev–Trinajstić information content (AvgIpc) is 3.19. The van der Waals surface area contributed by atoms with Gasteiger partial charge in [-0.1, -0.05) is 38.5 Å². The number of hydrogen-bond donors (Lipinski definition) is 4. The molecule has 0 saturated heterocycles. The molecule has 0 bridgehead atoms. The van der Waals surface area contributed by atoms with Gasteiger partial charge < -0.3 is 20.4 Å². The quantitative estimate of drug-likeness (QED) is 0.375. The Labute approximate surface area is 184 Å². The van der Waals surface area contributed by atoms with Crippen LogP contribution in [0, 0.1) is 35.0 Å². The fourth-order valence-electron chi connectivity index (χ4n) is 6.28. The van der Waals surface area contributed by atoms with E-state index in [4.69, 9.17) is 5.11 Å². The topological polar surface area (TPSA) is 115 Å². The summed E-state index contributed by atoms with van der Waals surface area (Å²) in [5.41, 5.74) is 1.56. The van der Waals surface area contributed by atoms with Crippen LogP contribution in [0.15, 0.2) is 34.9 Å². The first-order chi connectivity index (χ1) is 14.5. The lowest BCUT2D eigenvalue weighted by molar-refractivity contribution is -0.134. The number of carboxylic acids is 2. The largest absolute Gasteiger partial charge is 0.478 e. The van der Waals surface area contributed by atoms with Crippen LogP contribution in [0.3, 0.4) is 0 Å². The first-order valence-electron chi connectivity index (χ1n) is 11.4. The van der Waals surface area contributed by atoms with Crippen molar-refractivity contribution in [3.63, 3.8) is 0 Å². The number of carbonyl (C=O) groups is 2. The maximum atomic E-state index is 12.0. The third-order valence-electron chi connectivity index (χ3n) is 8.30. The fourth-order valence-corrected chi connectivity index (χ4v) is 6.28. The molecule has 3 rings (SSSR count). The molecule has 0 aromatic heterocycles. The SMILES string of the molecule is C/C(=C\[C@@H](O)[C@@H](O)[C@@H](C)C1=CC[C@]2(C)C[C@H]3[C@@H](C)CC[C@H]3/C(C(=O)O)=C\C[C@@H]12)C(=O)O. The summed E-state index contributed by atoms with van der Waals surface area (Å²) in [5.74, 6) is -1.28. The van der Waals surface area contributed by atoms with E-state index in [0.29, 0.717) is 23.8 Å². The Morgan fingerprint density at radius 3 is 2.48 bits per heavy atom. The van der Waals surface area contributed by atoms with Crippen molar-refractivity contribution >= 4 is 11.9 Å². The van der Waals surface area contributed by atoms with E-state index >= 15 is 0 Å². The molecule has 6 nitrogen and oxygen atoms in total. The van der Waals surface area contributed by atoms with Crippen molar-refractivity contribution in [3.05, 3.63) is 34.9 Å². The number of aliphatic hydroxyl groups excluding tert-OH is 2. The van der Waals surface area contributed by atoms with Crippen molar-refractivity contribution in [3.8, 4) is 0 Å². The number of rotatable bonds is 6. The molecule has 0 aromatic rings. The lowest BCUT2D eigenvalue weighted by Crippen LogP contribution is -2.37. The zero-order chi connectivity index (χ0) is 23.1. The Bertz CT molecular complexity index is 824. The van der Waals surface area contributed by atoms with E-state index in [1.165, 1.54) is 13.0 Å². The second-order valence-corrected chi connectivity index (χ2v) is 10.3. The molecule has 1 fully saturated rings. The molecular formula is C25H36O6. The molecule has 3 aliphatic rings. The Morgan fingerprint density at radius 1 is 1.19 bits per heavy atom. The van der Waals surface area contributed by atoms with Crippen molar-refractivity contribution in [2.75, 3.05) is 0 Å². The van der Waals surface area contributed by atoms with Crippen molar-refractivity contribution in [1.29, 1.82) is 0 Å². The Balaban J connectivity index is 1.88. The zero-order valence-electron chi connectivity index (χ0n) is 18.9. The van der Waals surface area contributed by atoms with E-state index in [2.05, 4.69) is 19.9 Å². The molecule has 4 N–H and O–H groups in total. The number of hydrogen-bond acceptors (Lipinski definition) is 4. The minimum atomic E-state index is -1.28. The predicted molar refractivity (Wildman–Crippen MR) is 117 cm³/mol. The Morgan fingerprint density at radius 2 is 1.87 bits per heavy atom. The number of carboxylic acid groups (broad SMARTS) is 2. The molecule has 0 aliphatic heterocycles. The summed E-state index contributed by atoms with van der Waals surface area (Å²) in [7, 11) is 0. The molecule has 172 valence electrons. The van der Waals surface area contributed by atoms with Crippen molar-refractivity contribution < 1.29 is 30.0 Å². The van der Waals surface area contributed by atoms with Gasteiger partial charge in [-0.3, -0.25) is 0 Å². The van der Waals surface area contributed by atoms with E-state index in [0.717, 1.165) is 31.3 Å². The van der Waals surface area contributed by atoms with Gasteiger partial charge in [0.05, 0.1) is 12.2 Å². The zero-order valence-corrected chi connectivity index (χ0v) is 18.9. The molecule has 0 heterocycles. The van der Waals surface area contributed by atoms with Gasteiger partial charge in [0.15, 0.2) is 0 Å². The standard InChI is InChI=1S/C25H36O6/c1-13-5-6-17-18(24(30)31)7-8-20-16(9-10-25(20,4)12-19(13)17)15(3)22(27)21(26)11-14(2)23(28)29/h7,9,11,13,15,17,19-22,26-27H,5-6,8,10,12H2,1-4H3,(H,28,29)(H,30,31)/b14-11+,18-7+/t13-,15-,17-,19-,20-,21+,22-,25+/m0/s1. The van der Waals surface area contributed by atoms with E-state index in [1.807, 2.05) is 13.0 Å². The fraction of sp³-hybridized carbons (Fsp3) is 0.680. The van der Waals surface area contributed by atoms with Gasteiger partial charge in [0, 0.05) is 17.1 Å². The van der Waals surface area contributed by atoms with Crippen LogP contribution in [0.4, 0.5) is 0 Å². The summed E-state index contributed by atoms with van der Waals surface area (Å²) in [6.45, 7) is 7.75. The van der Waals surface area contributed by atoms with Crippen LogP contribution < -0.4 is 0 Å². The number of aliphatic carboxylic acids is 2. The highest BCUT2D eigenvalue weighted by Gasteiger charge is 2.49. The van der Waals surface area contributed by atoms with Gasteiger partial charge in [0.1, 0.15) is 0 Å². The molecule has 1 saturated carbocycles. The summed E-state index contributed by atoms with van der Waals surface area (Å²) in [6, 6.07) is 0. The second kappa shape index (κ2) is 8.91. The van der Waals surface area contributed by atoms with Crippen molar-refractivity contribution in [1.82, 2.24) is 0 Å². The molecule has 0 aromatic carbocycles. The first kappa shape index (κ1) is 23.7. The van der Waals surface area contributed by atoms with Gasteiger partial charge in [-0.05, 0) is 74.2 Å². The summed E-state index contributed by atoms with van der Waals surface area (Å²) in [6.07, 6.45) is 7.26. The van der Waals surface area contributed by atoms with Gasteiger partial charge >= 0.3 is 11.9 Å². The van der Waals surface area contributed by atoms with Crippen LogP contribution in [0.5, 0.6) is 0 Å². The molecular weight excluding hydrogens is 396 g/mol. The molecule has 3 aliphatic carbocycles. The first-order valence-corrected chi connectivity index (χ1v) is 11.4. The predicted octanol–water partition coefficient (Wildman–Crippen LogP) is 3.79. The van der Waals surface area contributed by atoms with Crippen LogP contribution >= 0.6 is 0 Å². The van der Waals surface area contributed by atoms with Gasteiger partial charge in [-0.15, -0.1) is 0 Å². The summed E-state index contributed by atoms with van der Waals surface area (Å²) >= 11 is 0. The lowest BCUT2D eigenvalue weighted by Gasteiger charge is -2.41. The van der Waals surface area contributed by atoms with E-state index in [-0.39, 0.29) is 28.7 Å². The van der Waals surface area contributed by atoms with Gasteiger partial charge in [0.25, 0.3) is 0 Å². The minimum Gasteiger partial charge on any atom is -0.478 e. The molecule has 0 amide bonds. The minimum absolute atomic E-state index is 0.00904.